The van der Waals surface area contributed by atoms with Crippen LogP contribution >= 0.6 is 0 Å². The number of nitrogens with zero attached hydrogens (tertiary/aromatic N) is 1. The van der Waals surface area contributed by atoms with Gasteiger partial charge in [0, 0.05) is 23.6 Å². The molecule has 1 fully saturated rings. The number of aliphatic hydroxyl groups excluding tert-OH is 1. The first-order chi connectivity index (χ1) is 8.97. The zero-order valence-corrected chi connectivity index (χ0v) is 10.3. The summed E-state index contributed by atoms with van der Waals surface area (Å²) in [6, 6.07) is 3.94. The Labute approximate surface area is 109 Å². The molecule has 7 heteroatoms. The minimum Gasteiger partial charge on any atom is -0.396 e. The van der Waals surface area contributed by atoms with Crippen molar-refractivity contribution in [3.8, 4) is 0 Å². The Hall–Kier alpha value is -2.15. The maximum absolute atomic E-state index is 11.1. The molecule has 0 radical (unpaired) electrons. The minimum atomic E-state index is -0.638. The first-order valence-electron chi connectivity index (χ1n) is 5.90. The lowest BCUT2D eigenvalue weighted by molar-refractivity contribution is -0.384. The van der Waals surface area contributed by atoms with E-state index in [1.807, 2.05) is 0 Å². The number of carbonyl (C=O) groups is 1. The van der Waals surface area contributed by atoms with Crippen LogP contribution in [-0.4, -0.2) is 29.1 Å². The molecule has 1 aromatic rings. The average Bonchev–Trinajstić information content (AvgIpc) is 3.16. The van der Waals surface area contributed by atoms with E-state index < -0.39 is 10.8 Å². The van der Waals surface area contributed by atoms with Crippen molar-refractivity contribution in [1.82, 2.24) is 0 Å². The fourth-order valence-corrected chi connectivity index (χ4v) is 1.84. The zero-order chi connectivity index (χ0) is 14.0. The molecule has 102 valence electrons. The van der Waals surface area contributed by atoms with E-state index in [1.165, 1.54) is 18.2 Å². The van der Waals surface area contributed by atoms with Crippen LogP contribution in [0.1, 0.15) is 23.2 Å². The Morgan fingerprint density at radius 2 is 2.21 bits per heavy atom. The third-order valence-corrected chi connectivity index (χ3v) is 3.42. The largest absolute Gasteiger partial charge is 0.396 e. The van der Waals surface area contributed by atoms with Crippen molar-refractivity contribution in [3.05, 3.63) is 33.9 Å². The number of amides is 1. The van der Waals surface area contributed by atoms with Gasteiger partial charge in [-0.1, -0.05) is 0 Å². The summed E-state index contributed by atoms with van der Waals surface area (Å²) in [6.45, 7) is 0.482. The molecule has 1 saturated carbocycles. The number of rotatable bonds is 6. The van der Waals surface area contributed by atoms with Gasteiger partial charge in [-0.2, -0.15) is 0 Å². The number of nitro benzene ring substituents is 1. The molecule has 0 saturated heterocycles. The van der Waals surface area contributed by atoms with Crippen LogP contribution in [0.15, 0.2) is 18.2 Å². The second-order valence-electron chi connectivity index (χ2n) is 4.86. The molecule has 7 nitrogen and oxygen atoms in total. The Morgan fingerprint density at radius 3 is 2.68 bits per heavy atom. The third-order valence-electron chi connectivity index (χ3n) is 3.42. The van der Waals surface area contributed by atoms with Crippen LogP contribution in [0.2, 0.25) is 0 Å². The van der Waals surface area contributed by atoms with Gasteiger partial charge in [-0.25, -0.2) is 0 Å². The molecule has 1 aliphatic rings. The van der Waals surface area contributed by atoms with Crippen molar-refractivity contribution in [3.63, 3.8) is 0 Å². The molecule has 0 heterocycles. The highest BCUT2D eigenvalue weighted by atomic mass is 16.6. The lowest BCUT2D eigenvalue weighted by Gasteiger charge is -2.14. The van der Waals surface area contributed by atoms with Gasteiger partial charge in [0.2, 0.25) is 5.91 Å². The number of nitrogens with one attached hydrogen (secondary N) is 1. The minimum absolute atomic E-state index is 0.0449. The summed E-state index contributed by atoms with van der Waals surface area (Å²) in [4.78, 5) is 21.5. The molecule has 2 rings (SSSR count). The molecule has 4 N–H and O–H groups in total. The summed E-state index contributed by atoms with van der Waals surface area (Å²) in [6.07, 6.45) is 1.78. The van der Waals surface area contributed by atoms with Gasteiger partial charge in [-0.05, 0) is 25.0 Å². The quantitative estimate of drug-likeness (QED) is 0.521. The maximum atomic E-state index is 11.1. The van der Waals surface area contributed by atoms with E-state index in [4.69, 9.17) is 5.73 Å². The van der Waals surface area contributed by atoms with E-state index in [-0.39, 0.29) is 29.0 Å². The number of carbonyl (C=O) groups excluding carboxylic acids is 1. The SMILES string of the molecule is NC(=O)c1ccc([N+](=O)[O-])c(NCC2(CO)CC2)c1. The Bertz CT molecular complexity index is 526. The molecule has 1 aliphatic carbocycles. The highest BCUT2D eigenvalue weighted by Gasteiger charge is 2.42. The van der Waals surface area contributed by atoms with Gasteiger partial charge in [0.05, 0.1) is 11.5 Å². The van der Waals surface area contributed by atoms with Crippen molar-refractivity contribution in [2.45, 2.75) is 12.8 Å². The standard InChI is InChI=1S/C12H15N3O4/c13-11(17)8-1-2-10(15(18)19)9(5-8)14-6-12(7-16)3-4-12/h1-2,5,14,16H,3-4,6-7H2,(H2,13,17). The number of nitrogens with two attached hydrogens (primary N) is 1. The van der Waals surface area contributed by atoms with Crippen molar-refractivity contribution in [1.29, 1.82) is 0 Å². The number of hydrogen-bond donors (Lipinski definition) is 3. The van der Waals surface area contributed by atoms with E-state index in [9.17, 15) is 20.0 Å². The molecular weight excluding hydrogens is 250 g/mol. The smallest absolute Gasteiger partial charge is 0.292 e. The monoisotopic (exact) mass is 265 g/mol. The van der Waals surface area contributed by atoms with Gasteiger partial charge in [0.1, 0.15) is 5.69 Å². The number of anilines is 1. The number of hydrogen-bond acceptors (Lipinski definition) is 5. The second-order valence-corrected chi connectivity index (χ2v) is 4.86. The molecule has 0 atom stereocenters. The van der Waals surface area contributed by atoms with Crippen LogP contribution in [0.3, 0.4) is 0 Å². The van der Waals surface area contributed by atoms with Crippen LogP contribution in [0.4, 0.5) is 11.4 Å². The van der Waals surface area contributed by atoms with Crippen molar-refractivity contribution in [2.75, 3.05) is 18.5 Å². The predicted octanol–water partition coefficient (Wildman–Crippen LogP) is 0.878. The van der Waals surface area contributed by atoms with Gasteiger partial charge in [0.15, 0.2) is 0 Å². The second kappa shape index (κ2) is 4.85. The number of benzene rings is 1. The van der Waals surface area contributed by atoms with E-state index in [1.54, 1.807) is 0 Å². The van der Waals surface area contributed by atoms with Crippen molar-refractivity contribution < 1.29 is 14.8 Å². The highest BCUT2D eigenvalue weighted by molar-refractivity contribution is 5.94. The Balaban J connectivity index is 2.22. The van der Waals surface area contributed by atoms with Crippen LogP contribution in [0, 0.1) is 15.5 Å². The summed E-state index contributed by atoms with van der Waals surface area (Å²) < 4.78 is 0. The lowest BCUT2D eigenvalue weighted by Crippen LogP contribution is -2.20. The fraction of sp³-hybridized carbons (Fsp3) is 0.417. The molecule has 0 unspecified atom stereocenters. The van der Waals surface area contributed by atoms with Crippen molar-refractivity contribution >= 4 is 17.3 Å². The highest BCUT2D eigenvalue weighted by Crippen LogP contribution is 2.45. The predicted molar refractivity (Wildman–Crippen MR) is 68.9 cm³/mol. The first-order valence-corrected chi connectivity index (χ1v) is 5.90. The summed E-state index contributed by atoms with van der Waals surface area (Å²) in [5, 5.41) is 23.1. The summed E-state index contributed by atoms with van der Waals surface area (Å²) in [5.41, 5.74) is 5.32. The van der Waals surface area contributed by atoms with Crippen LogP contribution in [0.5, 0.6) is 0 Å². The van der Waals surface area contributed by atoms with Gasteiger partial charge in [-0.15, -0.1) is 0 Å². The van der Waals surface area contributed by atoms with Gasteiger partial charge in [0.25, 0.3) is 5.69 Å². The van der Waals surface area contributed by atoms with Crippen molar-refractivity contribution in [2.24, 2.45) is 11.1 Å². The van der Waals surface area contributed by atoms with Gasteiger partial charge < -0.3 is 16.2 Å². The number of aliphatic hydroxyl groups is 1. The molecule has 1 aromatic carbocycles. The molecule has 19 heavy (non-hydrogen) atoms. The average molecular weight is 265 g/mol. The normalized spacial score (nSPS) is 15.8. The van der Waals surface area contributed by atoms with Crippen LogP contribution in [0.25, 0.3) is 0 Å². The van der Waals surface area contributed by atoms with Crippen LogP contribution in [-0.2, 0) is 0 Å². The zero-order valence-electron chi connectivity index (χ0n) is 10.3. The van der Waals surface area contributed by atoms with Gasteiger partial charge in [-0.3, -0.25) is 14.9 Å². The summed E-state index contributed by atoms with van der Waals surface area (Å²) in [5.74, 6) is -0.638. The summed E-state index contributed by atoms with van der Waals surface area (Å²) >= 11 is 0. The van der Waals surface area contributed by atoms with E-state index in [2.05, 4.69) is 5.32 Å². The molecule has 0 spiro atoms. The fourth-order valence-electron chi connectivity index (χ4n) is 1.84. The van der Waals surface area contributed by atoms with E-state index >= 15 is 0 Å². The molecule has 0 aromatic heterocycles. The van der Waals surface area contributed by atoms with Gasteiger partial charge >= 0.3 is 0 Å². The topological polar surface area (TPSA) is 118 Å². The lowest BCUT2D eigenvalue weighted by atomic mass is 10.1. The van der Waals surface area contributed by atoms with E-state index in [0.717, 1.165) is 12.8 Å². The maximum Gasteiger partial charge on any atom is 0.292 e. The Morgan fingerprint density at radius 1 is 1.53 bits per heavy atom. The molecule has 1 amide bonds. The number of nitro groups is 1. The first kappa shape index (κ1) is 13.3. The molecule has 0 bridgehead atoms. The Kier molecular flexibility index (Phi) is 3.39. The van der Waals surface area contributed by atoms with E-state index in [0.29, 0.717) is 6.54 Å². The molecule has 0 aliphatic heterocycles. The van der Waals surface area contributed by atoms with Crippen LogP contribution < -0.4 is 11.1 Å². The molecular formula is C12H15N3O4. The number of primary amides is 1. The third kappa shape index (κ3) is 2.82. The summed E-state index contributed by atoms with van der Waals surface area (Å²) in [7, 11) is 0.